The maximum Gasteiger partial charge on any atom is 0.237 e. The summed E-state index contributed by atoms with van der Waals surface area (Å²) in [7, 11) is 0. The van der Waals surface area contributed by atoms with E-state index in [2.05, 4.69) is 15.5 Å². The van der Waals surface area contributed by atoms with Crippen molar-refractivity contribution >= 4 is 22.5 Å². The normalized spacial score (nSPS) is 10.1. The van der Waals surface area contributed by atoms with Crippen LogP contribution in [0, 0.1) is 43.4 Å². The molecule has 0 atom stereocenters. The Labute approximate surface area is 145 Å². The van der Waals surface area contributed by atoms with Gasteiger partial charge in [-0.3, -0.25) is 5.43 Å². The lowest BCUT2D eigenvalue weighted by Gasteiger charge is -2.06. The van der Waals surface area contributed by atoms with Crippen molar-refractivity contribution in [2.45, 2.75) is 20.8 Å². The number of benzene rings is 2. The van der Waals surface area contributed by atoms with Crippen molar-refractivity contribution in [1.29, 1.82) is 10.5 Å². The first kappa shape index (κ1) is 16.2. The number of aryl methyl sites for hydroxylation is 3. The van der Waals surface area contributed by atoms with Crippen LogP contribution in [0.3, 0.4) is 0 Å². The van der Waals surface area contributed by atoms with Crippen LogP contribution in [0.1, 0.15) is 16.7 Å². The Bertz CT molecular complexity index is 1020. The highest BCUT2D eigenvalue weighted by Crippen LogP contribution is 2.29. The Morgan fingerprint density at radius 3 is 2.48 bits per heavy atom. The summed E-state index contributed by atoms with van der Waals surface area (Å²) >= 11 is 0. The van der Waals surface area contributed by atoms with E-state index in [1.165, 1.54) is 0 Å². The third-order valence-corrected chi connectivity index (χ3v) is 3.99. The minimum Gasteiger partial charge on any atom is -0.436 e. The van der Waals surface area contributed by atoms with Gasteiger partial charge in [-0.25, -0.2) is 4.98 Å². The van der Waals surface area contributed by atoms with E-state index in [9.17, 15) is 0 Å². The summed E-state index contributed by atoms with van der Waals surface area (Å²) < 4.78 is 5.87. The second-order valence-electron chi connectivity index (χ2n) is 5.75. The topological polar surface area (TPSA) is 98.0 Å². The lowest BCUT2D eigenvalue weighted by molar-refractivity contribution is 0.619. The fourth-order valence-corrected chi connectivity index (χ4v) is 2.37. The molecule has 25 heavy (non-hydrogen) atoms. The quantitative estimate of drug-likeness (QED) is 0.572. The van der Waals surface area contributed by atoms with Crippen LogP contribution in [0.5, 0.6) is 0 Å². The van der Waals surface area contributed by atoms with Crippen molar-refractivity contribution in [3.8, 4) is 23.6 Å². The van der Waals surface area contributed by atoms with Crippen molar-refractivity contribution in [2.24, 2.45) is 5.10 Å². The average molecular weight is 329 g/mol. The summed E-state index contributed by atoms with van der Waals surface area (Å²) in [4.78, 5) is 4.55. The van der Waals surface area contributed by atoms with E-state index in [0.29, 0.717) is 11.6 Å². The van der Waals surface area contributed by atoms with Gasteiger partial charge < -0.3 is 4.42 Å². The molecular formula is C19H15N5O. The Balaban J connectivity index is 2.01. The van der Waals surface area contributed by atoms with E-state index in [1.807, 2.05) is 51.1 Å². The number of aromatic nitrogens is 1. The first-order valence-corrected chi connectivity index (χ1v) is 7.64. The van der Waals surface area contributed by atoms with Gasteiger partial charge in [0.05, 0.1) is 5.69 Å². The fourth-order valence-electron chi connectivity index (χ4n) is 2.37. The lowest BCUT2D eigenvalue weighted by atomic mass is 10.1. The number of fused-ring (bicyclic) bond motifs is 1. The summed E-state index contributed by atoms with van der Waals surface area (Å²) in [6, 6.07) is 13.0. The molecule has 0 spiro atoms. The molecule has 0 amide bonds. The van der Waals surface area contributed by atoms with Crippen LogP contribution in [0.25, 0.3) is 22.6 Å². The van der Waals surface area contributed by atoms with Crippen molar-refractivity contribution in [2.75, 3.05) is 5.43 Å². The number of anilines is 1. The Kier molecular flexibility index (Phi) is 4.20. The number of oxazole rings is 1. The molecule has 0 unspecified atom stereocenters. The second kappa shape index (κ2) is 6.46. The minimum absolute atomic E-state index is 0.238. The van der Waals surface area contributed by atoms with E-state index in [4.69, 9.17) is 14.9 Å². The third kappa shape index (κ3) is 3.19. The van der Waals surface area contributed by atoms with Crippen LogP contribution in [-0.4, -0.2) is 10.7 Å². The van der Waals surface area contributed by atoms with Crippen LogP contribution in [0.15, 0.2) is 39.9 Å². The number of nitrogens with zero attached hydrogens (tertiary/aromatic N) is 4. The summed E-state index contributed by atoms with van der Waals surface area (Å²) in [5.74, 6) is 0.507. The molecule has 6 nitrogen and oxygen atoms in total. The van der Waals surface area contributed by atoms with Gasteiger partial charge >= 0.3 is 0 Å². The van der Waals surface area contributed by atoms with E-state index >= 15 is 0 Å². The zero-order valence-corrected chi connectivity index (χ0v) is 14.1. The van der Waals surface area contributed by atoms with E-state index in [0.717, 1.165) is 33.4 Å². The van der Waals surface area contributed by atoms with Gasteiger partial charge in [-0.05, 0) is 61.7 Å². The largest absolute Gasteiger partial charge is 0.436 e. The fraction of sp³-hybridized carbons (Fsp3) is 0.158. The maximum absolute atomic E-state index is 8.76. The molecular weight excluding hydrogens is 314 g/mol. The molecule has 0 saturated heterocycles. The van der Waals surface area contributed by atoms with Gasteiger partial charge in [-0.2, -0.15) is 15.6 Å². The molecule has 3 aromatic rings. The predicted molar refractivity (Wildman–Crippen MR) is 95.9 cm³/mol. The second-order valence-corrected chi connectivity index (χ2v) is 5.75. The summed E-state index contributed by atoms with van der Waals surface area (Å²) in [5, 5.41) is 21.3. The van der Waals surface area contributed by atoms with Gasteiger partial charge in [0.1, 0.15) is 17.7 Å². The van der Waals surface area contributed by atoms with E-state index < -0.39 is 0 Å². The number of hydrogen-bond donors (Lipinski definition) is 1. The summed E-state index contributed by atoms with van der Waals surface area (Å²) in [5.41, 5.74) is 8.75. The lowest BCUT2D eigenvalue weighted by Crippen LogP contribution is -1.98. The standard InChI is InChI=1S/C19H15N5O/c1-11-4-5-14(8-16(11)24-23-15(9-20)10-21)19-22-17-6-12(2)13(3)7-18(17)25-19/h4-8,24H,1-3H3. The van der Waals surface area contributed by atoms with Crippen molar-refractivity contribution in [3.05, 3.63) is 47.0 Å². The first-order valence-electron chi connectivity index (χ1n) is 7.64. The highest BCUT2D eigenvalue weighted by Gasteiger charge is 2.11. The van der Waals surface area contributed by atoms with Crippen LogP contribution < -0.4 is 5.43 Å². The molecule has 1 aromatic heterocycles. The average Bonchev–Trinajstić information content (AvgIpc) is 3.00. The van der Waals surface area contributed by atoms with Gasteiger partial charge in [0, 0.05) is 5.56 Å². The smallest absolute Gasteiger partial charge is 0.237 e. The summed E-state index contributed by atoms with van der Waals surface area (Å²) in [6.45, 7) is 5.97. The van der Waals surface area contributed by atoms with Crippen molar-refractivity contribution in [1.82, 2.24) is 4.98 Å². The first-order chi connectivity index (χ1) is 12.0. The van der Waals surface area contributed by atoms with Gasteiger partial charge in [0.25, 0.3) is 0 Å². The highest BCUT2D eigenvalue weighted by atomic mass is 16.3. The Morgan fingerprint density at radius 2 is 1.76 bits per heavy atom. The maximum atomic E-state index is 8.76. The molecule has 1 heterocycles. The molecule has 6 heteroatoms. The van der Waals surface area contributed by atoms with Gasteiger partial charge in [0.2, 0.25) is 11.6 Å². The molecule has 0 aliphatic carbocycles. The number of hydrogen-bond acceptors (Lipinski definition) is 6. The highest BCUT2D eigenvalue weighted by molar-refractivity contribution is 6.10. The van der Waals surface area contributed by atoms with E-state index in [-0.39, 0.29) is 5.71 Å². The monoisotopic (exact) mass is 329 g/mol. The molecule has 1 N–H and O–H groups in total. The van der Waals surface area contributed by atoms with Gasteiger partial charge in [0.15, 0.2) is 5.58 Å². The molecule has 0 bridgehead atoms. The van der Waals surface area contributed by atoms with Gasteiger partial charge in [-0.15, -0.1) is 0 Å². The minimum atomic E-state index is -0.238. The van der Waals surface area contributed by atoms with E-state index in [1.54, 1.807) is 12.1 Å². The molecule has 2 aromatic carbocycles. The molecule has 0 fully saturated rings. The molecule has 0 radical (unpaired) electrons. The number of nitriles is 2. The SMILES string of the molecule is Cc1cc2nc(-c3ccc(C)c(NN=C(C#N)C#N)c3)oc2cc1C. The molecule has 0 saturated carbocycles. The van der Waals surface area contributed by atoms with Crippen LogP contribution in [0.2, 0.25) is 0 Å². The Morgan fingerprint density at radius 1 is 1.04 bits per heavy atom. The number of rotatable bonds is 3. The van der Waals surface area contributed by atoms with Crippen molar-refractivity contribution in [3.63, 3.8) is 0 Å². The van der Waals surface area contributed by atoms with Crippen LogP contribution in [-0.2, 0) is 0 Å². The predicted octanol–water partition coefficient (Wildman–Crippen LogP) is 4.24. The van der Waals surface area contributed by atoms with Gasteiger partial charge in [-0.1, -0.05) is 6.07 Å². The number of nitrogens with one attached hydrogen (secondary N) is 1. The molecule has 122 valence electrons. The van der Waals surface area contributed by atoms with Crippen LogP contribution in [0.4, 0.5) is 5.69 Å². The zero-order valence-electron chi connectivity index (χ0n) is 14.1. The zero-order chi connectivity index (χ0) is 18.0. The van der Waals surface area contributed by atoms with Crippen LogP contribution >= 0.6 is 0 Å². The summed E-state index contributed by atoms with van der Waals surface area (Å²) in [6.07, 6.45) is 0. The molecule has 3 rings (SSSR count). The molecule has 0 aliphatic heterocycles. The third-order valence-electron chi connectivity index (χ3n) is 3.99. The van der Waals surface area contributed by atoms with Crippen molar-refractivity contribution < 1.29 is 4.42 Å². The Hall–Kier alpha value is -3.64. The molecule has 0 aliphatic rings. The number of hydrazone groups is 1.